The summed E-state index contributed by atoms with van der Waals surface area (Å²) in [5.41, 5.74) is 9.27. The number of nitrogens with zero attached hydrogens (tertiary/aromatic N) is 5. The molecule has 0 aliphatic heterocycles. The van der Waals surface area contributed by atoms with E-state index in [1.54, 1.807) is 0 Å². The van der Waals surface area contributed by atoms with Crippen LogP contribution in [0.25, 0.3) is 126 Å². The van der Waals surface area contributed by atoms with Crippen LogP contribution in [-0.4, -0.2) is 23.5 Å². The van der Waals surface area contributed by atoms with Crippen molar-refractivity contribution in [2.45, 2.75) is 0 Å². The second kappa shape index (κ2) is 10.1. The van der Waals surface area contributed by atoms with Crippen molar-refractivity contribution >= 4 is 115 Å². The Morgan fingerprint density at radius 3 is 1.70 bits per heavy atom. The van der Waals surface area contributed by atoms with E-state index >= 15 is 0 Å². The number of aromatic nitrogens is 5. The van der Waals surface area contributed by atoms with Gasteiger partial charge < -0.3 is 8.82 Å². The van der Waals surface area contributed by atoms with Crippen molar-refractivity contribution in [3.05, 3.63) is 164 Å². The largest absolute Gasteiger partial charge is 0.437 e. The van der Waals surface area contributed by atoms with Crippen LogP contribution >= 0.6 is 0 Å². The zero-order chi connectivity index (χ0) is 36.2. The first-order chi connectivity index (χ1) is 27.8. The Labute approximate surface area is 317 Å². The molecule has 0 saturated heterocycles. The SMILES string of the molecule is c1ccc2c(c1)ccc1c2c2c3c4ccccc4n(-c4nc(-n5c6ccccc6c6ccccc65)nc5oc6ccccc6c45)c3cc3c4ccccc4n1c32. The van der Waals surface area contributed by atoms with Crippen LogP contribution in [0.1, 0.15) is 0 Å². The highest BCUT2D eigenvalue weighted by Gasteiger charge is 2.28. The van der Waals surface area contributed by atoms with Crippen molar-refractivity contribution in [3.63, 3.8) is 0 Å². The normalized spacial score (nSPS) is 12.6. The Morgan fingerprint density at radius 2 is 0.946 bits per heavy atom. The third-order valence-electron chi connectivity index (χ3n) is 12.2. The molecular weight excluding hydrogens is 687 g/mol. The van der Waals surface area contributed by atoms with E-state index < -0.39 is 0 Å². The summed E-state index contributed by atoms with van der Waals surface area (Å²) in [4.78, 5) is 10.9. The number of hydrogen-bond acceptors (Lipinski definition) is 3. The van der Waals surface area contributed by atoms with Gasteiger partial charge in [-0.3, -0.25) is 9.13 Å². The summed E-state index contributed by atoms with van der Waals surface area (Å²) < 4.78 is 13.7. The molecule has 0 N–H and O–H groups in total. The molecule has 0 atom stereocenters. The van der Waals surface area contributed by atoms with E-state index in [0.717, 1.165) is 55.0 Å². The van der Waals surface area contributed by atoms with Crippen LogP contribution in [0.2, 0.25) is 0 Å². The van der Waals surface area contributed by atoms with Crippen LogP contribution in [0.15, 0.2) is 168 Å². The molecule has 0 saturated carbocycles. The van der Waals surface area contributed by atoms with Gasteiger partial charge in [-0.25, -0.2) is 0 Å². The molecule has 56 heavy (non-hydrogen) atoms. The highest BCUT2D eigenvalue weighted by atomic mass is 16.3. The minimum Gasteiger partial charge on any atom is -0.437 e. The molecule has 0 radical (unpaired) electrons. The van der Waals surface area contributed by atoms with Gasteiger partial charge in [-0.15, -0.1) is 0 Å². The lowest BCUT2D eigenvalue weighted by atomic mass is 9.98. The molecule has 0 aliphatic rings. The molecule has 14 aromatic rings. The summed E-state index contributed by atoms with van der Waals surface area (Å²) in [6, 6.07) is 58.6. The van der Waals surface area contributed by atoms with Crippen LogP contribution in [0.5, 0.6) is 0 Å². The van der Waals surface area contributed by atoms with Gasteiger partial charge >= 0.3 is 0 Å². The summed E-state index contributed by atoms with van der Waals surface area (Å²) >= 11 is 0. The maximum absolute atomic E-state index is 6.66. The van der Waals surface area contributed by atoms with Gasteiger partial charge in [-0.05, 0) is 53.2 Å². The molecule has 0 bridgehead atoms. The number of benzene rings is 8. The van der Waals surface area contributed by atoms with Crippen LogP contribution in [0.3, 0.4) is 0 Å². The zero-order valence-electron chi connectivity index (χ0n) is 29.7. The minimum absolute atomic E-state index is 0.553. The Hall–Kier alpha value is -7.70. The van der Waals surface area contributed by atoms with E-state index in [1.165, 1.54) is 59.6 Å². The average Bonchev–Trinajstić information content (AvgIpc) is 4.05. The molecule has 258 valence electrons. The third kappa shape index (κ3) is 3.39. The second-order valence-corrected chi connectivity index (χ2v) is 14.9. The van der Waals surface area contributed by atoms with Gasteiger partial charge in [0.05, 0.1) is 44.0 Å². The van der Waals surface area contributed by atoms with Gasteiger partial charge in [0.1, 0.15) is 5.58 Å². The molecule has 0 spiro atoms. The van der Waals surface area contributed by atoms with E-state index in [0.29, 0.717) is 11.7 Å². The van der Waals surface area contributed by atoms with E-state index in [9.17, 15) is 0 Å². The van der Waals surface area contributed by atoms with Crippen molar-refractivity contribution in [1.82, 2.24) is 23.5 Å². The first kappa shape index (κ1) is 28.8. The highest BCUT2D eigenvalue weighted by molar-refractivity contribution is 6.39. The van der Waals surface area contributed by atoms with Crippen LogP contribution < -0.4 is 0 Å². The molecule has 14 rings (SSSR count). The van der Waals surface area contributed by atoms with Gasteiger partial charge in [0.15, 0.2) is 5.82 Å². The predicted octanol–water partition coefficient (Wildman–Crippen LogP) is 12.9. The van der Waals surface area contributed by atoms with Gasteiger partial charge in [0.25, 0.3) is 0 Å². The Balaban J connectivity index is 1.24. The third-order valence-corrected chi connectivity index (χ3v) is 12.2. The van der Waals surface area contributed by atoms with E-state index in [1.807, 2.05) is 12.1 Å². The fourth-order valence-corrected chi connectivity index (χ4v) is 10.00. The van der Waals surface area contributed by atoms with E-state index in [-0.39, 0.29) is 0 Å². The van der Waals surface area contributed by atoms with Crippen molar-refractivity contribution in [3.8, 4) is 11.8 Å². The lowest BCUT2D eigenvalue weighted by molar-refractivity contribution is 0.650. The molecule has 0 fully saturated rings. The smallest absolute Gasteiger partial charge is 0.240 e. The van der Waals surface area contributed by atoms with Gasteiger partial charge in [0.2, 0.25) is 11.7 Å². The minimum atomic E-state index is 0.553. The first-order valence-electron chi connectivity index (χ1n) is 19.0. The van der Waals surface area contributed by atoms with Crippen molar-refractivity contribution in [1.29, 1.82) is 0 Å². The fourth-order valence-electron chi connectivity index (χ4n) is 10.00. The molecule has 0 aliphatic carbocycles. The second-order valence-electron chi connectivity index (χ2n) is 14.9. The lowest BCUT2D eigenvalue weighted by Gasteiger charge is -2.12. The number of fused-ring (bicyclic) bond motifs is 18. The molecule has 6 aromatic heterocycles. The van der Waals surface area contributed by atoms with Crippen LogP contribution in [0, 0.1) is 0 Å². The Bertz CT molecular complexity index is 3960. The molecular formula is C50H27N5O. The van der Waals surface area contributed by atoms with Crippen molar-refractivity contribution < 1.29 is 4.42 Å². The zero-order valence-corrected chi connectivity index (χ0v) is 29.7. The maximum atomic E-state index is 6.66. The standard InChI is InChI=1S/C50H27N5O/c1-2-14-29-28(13-1)25-26-40-43(29)46-44-33-18-6-11-23-39(33)54(41(44)27-35-32-17-5-8-20-36(32)53(40)47(35)46)48-45-34-19-7-12-24-42(34)56-49(45)52-50(51-48)55-37-21-9-3-15-30(37)31-16-4-10-22-38(31)55/h1-27H. The lowest BCUT2D eigenvalue weighted by Crippen LogP contribution is -2.06. The molecule has 6 heterocycles. The fraction of sp³-hybridized carbons (Fsp3) is 0. The highest BCUT2D eigenvalue weighted by Crippen LogP contribution is 2.49. The summed E-state index contributed by atoms with van der Waals surface area (Å²) in [6.45, 7) is 0. The van der Waals surface area contributed by atoms with Crippen molar-refractivity contribution in [2.24, 2.45) is 0 Å². The maximum Gasteiger partial charge on any atom is 0.240 e. The molecule has 0 unspecified atom stereocenters. The first-order valence-corrected chi connectivity index (χ1v) is 19.0. The van der Waals surface area contributed by atoms with Crippen LogP contribution in [-0.2, 0) is 0 Å². The van der Waals surface area contributed by atoms with Gasteiger partial charge in [0, 0.05) is 48.5 Å². The summed E-state index contributed by atoms with van der Waals surface area (Å²) in [7, 11) is 0. The van der Waals surface area contributed by atoms with Gasteiger partial charge in [-0.1, -0.05) is 121 Å². The molecule has 0 amide bonds. The van der Waals surface area contributed by atoms with Crippen LogP contribution in [0.4, 0.5) is 0 Å². The quantitative estimate of drug-likeness (QED) is 0.179. The molecule has 8 aromatic carbocycles. The van der Waals surface area contributed by atoms with Crippen molar-refractivity contribution in [2.75, 3.05) is 0 Å². The number of para-hydroxylation sites is 5. The monoisotopic (exact) mass is 713 g/mol. The summed E-state index contributed by atoms with van der Waals surface area (Å²) in [5, 5.41) is 14.0. The summed E-state index contributed by atoms with van der Waals surface area (Å²) in [5.74, 6) is 1.35. The van der Waals surface area contributed by atoms with E-state index in [2.05, 4.69) is 165 Å². The summed E-state index contributed by atoms with van der Waals surface area (Å²) in [6.07, 6.45) is 0. The van der Waals surface area contributed by atoms with Gasteiger partial charge in [-0.2, -0.15) is 9.97 Å². The van der Waals surface area contributed by atoms with E-state index in [4.69, 9.17) is 14.4 Å². The number of rotatable bonds is 2. The topological polar surface area (TPSA) is 53.2 Å². The number of hydrogen-bond donors (Lipinski definition) is 0. The predicted molar refractivity (Wildman–Crippen MR) is 230 cm³/mol. The number of furan rings is 1. The molecule has 6 nitrogen and oxygen atoms in total. The average molecular weight is 714 g/mol. The molecule has 6 heteroatoms. The Morgan fingerprint density at radius 1 is 0.375 bits per heavy atom. The Kier molecular flexibility index (Phi) is 5.18.